The Bertz CT molecular complexity index is 2220. The number of aromatic amines is 1. The molecule has 5 N–H and O–H groups in total. The van der Waals surface area contributed by atoms with Crippen molar-refractivity contribution in [2.45, 2.75) is 44.4 Å². The number of aryl methyl sites for hydroxylation is 1. The number of anilines is 2. The lowest BCUT2D eigenvalue weighted by Crippen LogP contribution is -2.48. The zero-order valence-electron chi connectivity index (χ0n) is 31.1. The molecule has 4 aromatic carbocycles. The molecule has 0 aliphatic carbocycles. The highest BCUT2D eigenvalue weighted by molar-refractivity contribution is 9.10. The third-order valence-corrected chi connectivity index (χ3v) is 10.6. The second kappa shape index (κ2) is 17.5. The van der Waals surface area contributed by atoms with Gasteiger partial charge in [-0.05, 0) is 63.3 Å². The number of H-pyrrole nitrogens is 1. The van der Waals surface area contributed by atoms with Crippen molar-refractivity contribution in [1.29, 1.82) is 0 Å². The second-order valence-electron chi connectivity index (χ2n) is 14.5. The first-order valence-electron chi connectivity index (χ1n) is 18.2. The summed E-state index contributed by atoms with van der Waals surface area (Å²) >= 11 is 3.58. The Morgan fingerprint density at radius 1 is 0.982 bits per heavy atom. The number of amides is 2. The summed E-state index contributed by atoms with van der Waals surface area (Å²) in [6.07, 6.45) is 0.808. The number of carbonyl (C=O) groups is 2. The number of pyridine rings is 1. The molecule has 0 bridgehead atoms. The minimum atomic E-state index is -0.950. The molecule has 1 aliphatic rings. The standard InChI is InChI=1S/C42H46BrN5O7/c1-48(2)19-17-29(18-20-48)55-42(53)46-34-13-9-26(21-32(34)27-7-5-4-6-8-27)10-15-39(51)45-35-23-38(54-3)28(22-33(35)43)24-44-25-37(50)30-11-14-36(49)41-31(30)12-16-40(52)47-41/h4-9,11-14,16,21-23,29,37,44,50H,10,15,17-20,24-25H2,1-3H3,(H3-,45,46,47,49,51,52,53)/t37-/m0/s1. The van der Waals surface area contributed by atoms with Crippen molar-refractivity contribution in [1.82, 2.24) is 10.3 Å². The fraction of sp³-hybridized carbons (Fsp3) is 0.310. The van der Waals surface area contributed by atoms with E-state index in [1.54, 1.807) is 19.2 Å². The lowest BCUT2D eigenvalue weighted by Gasteiger charge is -2.36. The summed E-state index contributed by atoms with van der Waals surface area (Å²) in [5.41, 5.74) is 4.98. The van der Waals surface area contributed by atoms with Crippen LogP contribution in [0.25, 0.3) is 22.0 Å². The normalized spacial score (nSPS) is 14.6. The molecule has 0 saturated carbocycles. The molecule has 1 atom stereocenters. The van der Waals surface area contributed by atoms with Gasteiger partial charge in [-0.1, -0.05) is 54.3 Å². The number of nitrogens with zero attached hydrogens (tertiary/aromatic N) is 1. The third kappa shape index (κ3) is 10.1. The quantitative estimate of drug-likeness (QED) is 0.0875. The van der Waals surface area contributed by atoms with Gasteiger partial charge >= 0.3 is 6.09 Å². The van der Waals surface area contributed by atoms with Crippen LogP contribution in [-0.4, -0.2) is 73.5 Å². The van der Waals surface area contributed by atoms with Gasteiger partial charge in [0.25, 0.3) is 0 Å². The van der Waals surface area contributed by atoms with Crippen molar-refractivity contribution in [2.24, 2.45) is 0 Å². The smallest absolute Gasteiger partial charge is 0.411 e. The summed E-state index contributed by atoms with van der Waals surface area (Å²) in [4.78, 5) is 40.4. The summed E-state index contributed by atoms with van der Waals surface area (Å²) in [5, 5.41) is 32.8. The number of nitrogens with one attached hydrogen (secondary N) is 4. The maximum absolute atomic E-state index is 13.2. The van der Waals surface area contributed by atoms with Gasteiger partial charge in [-0.15, -0.1) is 0 Å². The number of hydrogen-bond acceptors (Lipinski definition) is 8. The molecule has 1 aliphatic heterocycles. The Hall–Kier alpha value is -5.21. The van der Waals surface area contributed by atoms with E-state index in [1.165, 1.54) is 18.2 Å². The van der Waals surface area contributed by atoms with Crippen LogP contribution in [0.5, 0.6) is 11.5 Å². The lowest BCUT2D eigenvalue weighted by molar-refractivity contribution is -0.896. The monoisotopic (exact) mass is 811 g/mol. The number of carbonyl (C=O) groups excluding carboxylic acids is 2. The van der Waals surface area contributed by atoms with E-state index in [0.29, 0.717) is 45.5 Å². The largest absolute Gasteiger partial charge is 0.871 e. The van der Waals surface area contributed by atoms with E-state index in [1.807, 2.05) is 54.6 Å². The van der Waals surface area contributed by atoms with Gasteiger partial charge in [0.15, 0.2) is 0 Å². The second-order valence-corrected chi connectivity index (χ2v) is 15.3. The average Bonchev–Trinajstić information content (AvgIpc) is 3.17. The Kier molecular flexibility index (Phi) is 12.6. The SMILES string of the molecule is COc1cc(NC(=O)CCc2ccc(NC(=O)OC3CC[N+](C)(C)CC3)c(-c3ccccc3)c2)c(Br)cc1CNC[C@H](O)c1ccc([O-])c2[nH]c(=O)ccc12. The zero-order chi connectivity index (χ0) is 39.1. The molecular formula is C42H46BrN5O7. The minimum absolute atomic E-state index is 0.108. The molecule has 288 valence electrons. The van der Waals surface area contributed by atoms with E-state index in [2.05, 4.69) is 51.0 Å². The van der Waals surface area contributed by atoms with Crippen molar-refractivity contribution in [3.63, 3.8) is 0 Å². The third-order valence-electron chi connectivity index (χ3n) is 9.98. The Morgan fingerprint density at radius 2 is 1.75 bits per heavy atom. The molecule has 6 rings (SSSR count). The van der Waals surface area contributed by atoms with E-state index in [9.17, 15) is 24.6 Å². The number of rotatable bonds is 13. The molecule has 2 heterocycles. The topological polar surface area (TPSA) is 165 Å². The number of benzene rings is 4. The number of aliphatic hydroxyl groups excluding tert-OH is 1. The van der Waals surface area contributed by atoms with Crippen LogP contribution in [0.1, 0.15) is 42.1 Å². The summed E-state index contributed by atoms with van der Waals surface area (Å²) in [5.74, 6) is 0.0338. The summed E-state index contributed by atoms with van der Waals surface area (Å²) in [6, 6.07) is 24.9. The number of methoxy groups -OCH3 is 1. The van der Waals surface area contributed by atoms with Crippen molar-refractivity contribution < 1.29 is 33.8 Å². The van der Waals surface area contributed by atoms with Gasteiger partial charge in [-0.3, -0.25) is 14.9 Å². The molecule has 0 spiro atoms. The summed E-state index contributed by atoms with van der Waals surface area (Å²) < 4.78 is 13.0. The predicted octanol–water partition coefficient (Wildman–Crippen LogP) is 6.22. The molecule has 1 aromatic heterocycles. The number of hydrogen-bond donors (Lipinski definition) is 5. The predicted molar refractivity (Wildman–Crippen MR) is 215 cm³/mol. The van der Waals surface area contributed by atoms with Gasteiger partial charge in [0, 0.05) is 71.0 Å². The van der Waals surface area contributed by atoms with Crippen LogP contribution in [-0.2, 0) is 22.5 Å². The van der Waals surface area contributed by atoms with Crippen LogP contribution in [0.3, 0.4) is 0 Å². The van der Waals surface area contributed by atoms with Gasteiger partial charge < -0.3 is 39.8 Å². The number of ether oxygens (including phenoxy) is 2. The van der Waals surface area contributed by atoms with Crippen LogP contribution in [0.4, 0.5) is 16.2 Å². The Labute approximate surface area is 328 Å². The van der Waals surface area contributed by atoms with Gasteiger partial charge in [0.05, 0.1) is 51.8 Å². The minimum Gasteiger partial charge on any atom is -0.871 e. The van der Waals surface area contributed by atoms with Crippen LogP contribution in [0.2, 0.25) is 0 Å². The first-order chi connectivity index (χ1) is 26.4. The molecule has 0 unspecified atom stereocenters. The van der Waals surface area contributed by atoms with Crippen LogP contribution in [0, 0.1) is 0 Å². The average molecular weight is 813 g/mol. The molecule has 55 heavy (non-hydrogen) atoms. The van der Waals surface area contributed by atoms with Crippen LogP contribution >= 0.6 is 15.9 Å². The van der Waals surface area contributed by atoms with Crippen molar-refractivity contribution in [3.8, 4) is 22.6 Å². The van der Waals surface area contributed by atoms with E-state index in [-0.39, 0.29) is 41.8 Å². The van der Waals surface area contributed by atoms with Crippen molar-refractivity contribution in [3.05, 3.63) is 116 Å². The highest BCUT2D eigenvalue weighted by Gasteiger charge is 2.28. The highest BCUT2D eigenvalue weighted by Crippen LogP contribution is 2.33. The van der Waals surface area contributed by atoms with E-state index in [4.69, 9.17) is 9.47 Å². The number of fused-ring (bicyclic) bond motifs is 1. The van der Waals surface area contributed by atoms with Crippen molar-refractivity contribution in [2.75, 3.05) is 51.5 Å². The zero-order valence-corrected chi connectivity index (χ0v) is 32.7. The summed E-state index contributed by atoms with van der Waals surface area (Å²) in [6.45, 7) is 2.42. The molecule has 1 fully saturated rings. The number of halogens is 1. The molecular weight excluding hydrogens is 766 g/mol. The number of aliphatic hydroxyl groups is 1. The van der Waals surface area contributed by atoms with Gasteiger partial charge in [-0.25, -0.2) is 4.79 Å². The first kappa shape index (κ1) is 39.5. The molecule has 13 heteroatoms. The maximum atomic E-state index is 13.2. The molecule has 12 nitrogen and oxygen atoms in total. The van der Waals surface area contributed by atoms with Crippen LogP contribution < -0.4 is 31.4 Å². The lowest BCUT2D eigenvalue weighted by atomic mass is 9.99. The van der Waals surface area contributed by atoms with Gasteiger partial charge in [0.1, 0.15) is 11.9 Å². The van der Waals surface area contributed by atoms with E-state index >= 15 is 0 Å². The fourth-order valence-electron chi connectivity index (χ4n) is 6.85. The molecule has 1 saturated heterocycles. The van der Waals surface area contributed by atoms with E-state index < -0.39 is 12.2 Å². The molecule has 2 amide bonds. The highest BCUT2D eigenvalue weighted by atomic mass is 79.9. The Balaban J connectivity index is 1.06. The van der Waals surface area contributed by atoms with Crippen LogP contribution in [0.15, 0.2) is 94.2 Å². The first-order valence-corrected chi connectivity index (χ1v) is 19.0. The molecule has 0 radical (unpaired) electrons. The van der Waals surface area contributed by atoms with E-state index in [0.717, 1.165) is 52.7 Å². The number of piperidine rings is 1. The van der Waals surface area contributed by atoms with Gasteiger partial charge in [-0.2, -0.15) is 0 Å². The Morgan fingerprint density at radius 3 is 2.49 bits per heavy atom. The van der Waals surface area contributed by atoms with Gasteiger partial charge in [0.2, 0.25) is 11.5 Å². The molecule has 5 aromatic rings. The van der Waals surface area contributed by atoms with Crippen molar-refractivity contribution >= 4 is 50.2 Å². The fourth-order valence-corrected chi connectivity index (χ4v) is 7.34. The number of likely N-dealkylation sites (tertiary alicyclic amines) is 1. The number of aromatic nitrogens is 1. The number of quaternary nitrogens is 1. The maximum Gasteiger partial charge on any atom is 0.411 e. The summed E-state index contributed by atoms with van der Waals surface area (Å²) in [7, 11) is 5.92.